The van der Waals surface area contributed by atoms with Crippen molar-refractivity contribution < 1.29 is 80.9 Å². The molecule has 7 fully saturated rings. The van der Waals surface area contributed by atoms with Crippen molar-refractivity contribution >= 4 is 52.9 Å². The summed E-state index contributed by atoms with van der Waals surface area (Å²) in [5, 5.41) is 51.5. The molecule has 0 radical (unpaired) electrons. The van der Waals surface area contributed by atoms with Crippen LogP contribution in [0.3, 0.4) is 0 Å². The van der Waals surface area contributed by atoms with Crippen LogP contribution in [0.1, 0.15) is 115 Å². The molecule has 14 nitrogen and oxygen atoms in total. The molecule has 65 heavy (non-hydrogen) atoms. The zero-order valence-electron chi connectivity index (χ0n) is 41.0. The number of carbonyl (C=O) groups is 5. The summed E-state index contributed by atoms with van der Waals surface area (Å²) in [6.45, 7) is 29.2. The Morgan fingerprint density at radius 1 is 0.615 bits per heavy atom. The van der Waals surface area contributed by atoms with Crippen LogP contribution in [0.4, 0.5) is 0 Å². The molecular weight excluding hydrogens is 872 g/mol. The first-order valence-corrected chi connectivity index (χ1v) is 22.0. The molecule has 7 rings (SSSR count). The number of hydrogen-bond donors (Lipinski definition) is 5. The molecule has 0 spiro atoms. The van der Waals surface area contributed by atoms with Gasteiger partial charge in [0.05, 0.1) is 47.5 Å². The van der Waals surface area contributed by atoms with E-state index in [4.69, 9.17) is 14.2 Å². The van der Waals surface area contributed by atoms with Crippen molar-refractivity contribution in [1.82, 2.24) is 0 Å². The largest absolute Gasteiger partial charge is 2.00 e. The Bertz CT molecular complexity index is 1740. The summed E-state index contributed by atoms with van der Waals surface area (Å²) < 4.78 is 19.8. The molecule has 1 saturated heterocycles. The van der Waals surface area contributed by atoms with E-state index in [1.54, 1.807) is 34.6 Å². The maximum atomic E-state index is 11.8. The normalized spacial score (nSPS) is 34.2. The van der Waals surface area contributed by atoms with Crippen LogP contribution in [0.2, 0.25) is 0 Å². The van der Waals surface area contributed by atoms with Crippen molar-refractivity contribution in [2.75, 3.05) is 7.11 Å². The Labute approximate surface area is 409 Å². The van der Waals surface area contributed by atoms with Gasteiger partial charge in [0.2, 0.25) is 0 Å². The van der Waals surface area contributed by atoms with E-state index in [0.29, 0.717) is 17.4 Å². The minimum atomic E-state index is -0.904. The first kappa shape index (κ1) is 60.6. The third-order valence-electron chi connectivity index (χ3n) is 14.6. The van der Waals surface area contributed by atoms with Crippen molar-refractivity contribution in [3.8, 4) is 0 Å². The van der Waals surface area contributed by atoms with Gasteiger partial charge >= 0.3 is 52.9 Å². The van der Waals surface area contributed by atoms with Crippen LogP contribution in [-0.2, 0) is 42.9 Å². The molecule has 15 atom stereocenters. The summed E-state index contributed by atoms with van der Waals surface area (Å²) in [7, 11) is 1.38. The fraction of sp³-hybridized carbons (Fsp3) is 0.755. The van der Waals surface area contributed by atoms with Crippen molar-refractivity contribution in [2.24, 2.45) is 71.0 Å². The summed E-state index contributed by atoms with van der Waals surface area (Å²) >= 11 is 0. The molecule has 366 valence electrons. The number of esters is 5. The Hall–Kier alpha value is -2.37. The second-order valence-corrected chi connectivity index (χ2v) is 21.5. The molecule has 1 heterocycles. The first-order chi connectivity index (χ1) is 28.2. The van der Waals surface area contributed by atoms with Gasteiger partial charge in [0.15, 0.2) is 0 Å². The van der Waals surface area contributed by atoms with Gasteiger partial charge in [-0.3, -0.25) is 9.59 Å². The topological polar surface area (TPSA) is 223 Å². The summed E-state index contributed by atoms with van der Waals surface area (Å²) in [5.41, 5.74) is -2.56. The number of aliphatic hydroxyl groups excluding tert-OH is 1. The minimum absolute atomic E-state index is 0. The maximum absolute atomic E-state index is 11.8. The molecule has 5 N–H and O–H groups in total. The summed E-state index contributed by atoms with van der Waals surface area (Å²) in [4.78, 5) is 56.1. The van der Waals surface area contributed by atoms with Crippen LogP contribution in [0.15, 0.2) is 36.5 Å². The molecule has 6 saturated carbocycles. The van der Waals surface area contributed by atoms with Gasteiger partial charge in [-0.25, -0.2) is 14.4 Å². The van der Waals surface area contributed by atoms with Gasteiger partial charge in [-0.2, -0.15) is 0 Å². The van der Waals surface area contributed by atoms with E-state index in [-0.39, 0.29) is 149 Å². The molecular formula is C49H77ClMgO14. The molecule has 16 heteroatoms. The van der Waals surface area contributed by atoms with Crippen molar-refractivity contribution in [2.45, 2.75) is 155 Å². The first-order valence-electron chi connectivity index (χ1n) is 22.0. The summed E-state index contributed by atoms with van der Waals surface area (Å²) in [5.74, 6) is -1.06. The van der Waals surface area contributed by atoms with Crippen LogP contribution in [-0.4, -0.2) is 126 Å². The molecule has 0 aromatic heterocycles. The molecule has 1 aliphatic heterocycles. The Morgan fingerprint density at radius 3 is 1.43 bits per heavy atom. The van der Waals surface area contributed by atoms with E-state index < -0.39 is 34.3 Å². The van der Waals surface area contributed by atoms with Crippen molar-refractivity contribution in [3.63, 3.8) is 0 Å². The Kier molecular flexibility index (Phi) is 20.9. The molecule has 6 aliphatic carbocycles. The van der Waals surface area contributed by atoms with Crippen LogP contribution >= 0.6 is 0 Å². The summed E-state index contributed by atoms with van der Waals surface area (Å²) in [6.07, 6.45) is 4.85. The number of carbonyl (C=O) groups excluding carboxylic acids is 5. The average molecular weight is 950 g/mol. The SMILES string of the molecule is C=C(C)C(=O)OC(=O)C(=C)C.C=C(C)C(=O)O[C@@H]1C[C@H]2C[C@@H]1[C@@H](C(C)(C)O)C2C(C)(C)O.CC(C)(O)C1[C@@H]2C[C@@H]([C@H](O)C2)[C@H]1C(C)(C)O.COC(=O)[C@H]1[C@@H]2C[C@@H]3[C@H]1C(=O)O[C@@H]3C2.[CH3-].[Cl-].[Mg+2]. The number of hydrogen-bond acceptors (Lipinski definition) is 14. The predicted molar refractivity (Wildman–Crippen MR) is 240 cm³/mol. The van der Waals surface area contributed by atoms with Crippen LogP contribution in [0.5, 0.6) is 0 Å². The maximum Gasteiger partial charge on any atom is 2.00 e. The number of rotatable bonds is 9. The second kappa shape index (κ2) is 22.4. The van der Waals surface area contributed by atoms with Gasteiger partial charge in [0.25, 0.3) is 0 Å². The second-order valence-electron chi connectivity index (χ2n) is 21.5. The van der Waals surface area contributed by atoms with E-state index in [0.717, 1.165) is 38.5 Å². The van der Waals surface area contributed by atoms with Gasteiger partial charge in [0.1, 0.15) is 12.2 Å². The fourth-order valence-electron chi connectivity index (χ4n) is 12.7. The third kappa shape index (κ3) is 13.5. The van der Waals surface area contributed by atoms with E-state index in [1.165, 1.54) is 21.0 Å². The third-order valence-corrected chi connectivity index (χ3v) is 14.6. The molecule has 0 amide bonds. The number of aliphatic hydroxyl groups is 5. The Morgan fingerprint density at radius 2 is 1.02 bits per heavy atom. The smallest absolute Gasteiger partial charge is 1.00 e. The number of methoxy groups -OCH3 is 1. The van der Waals surface area contributed by atoms with E-state index in [2.05, 4.69) is 24.5 Å². The van der Waals surface area contributed by atoms with E-state index >= 15 is 0 Å². The van der Waals surface area contributed by atoms with Crippen LogP contribution in [0.25, 0.3) is 0 Å². The molecule has 0 aromatic carbocycles. The fourth-order valence-corrected chi connectivity index (χ4v) is 12.7. The van der Waals surface area contributed by atoms with Crippen molar-refractivity contribution in [3.05, 3.63) is 43.9 Å². The Balaban J connectivity index is 0.000000437. The van der Waals surface area contributed by atoms with Gasteiger partial charge < -0.3 is 64.3 Å². The molecule has 6 bridgehead atoms. The monoisotopic (exact) mass is 948 g/mol. The van der Waals surface area contributed by atoms with Crippen molar-refractivity contribution in [1.29, 1.82) is 0 Å². The number of halogens is 1. The average Bonchev–Trinajstić information content (AvgIpc) is 3.98. The van der Waals surface area contributed by atoms with Gasteiger partial charge in [-0.1, -0.05) is 19.7 Å². The van der Waals surface area contributed by atoms with E-state index in [9.17, 15) is 49.5 Å². The number of fused-ring (bicyclic) bond motifs is 5. The molecule has 2 unspecified atom stereocenters. The minimum Gasteiger partial charge on any atom is -1.00 e. The van der Waals surface area contributed by atoms with Crippen LogP contribution < -0.4 is 12.4 Å². The molecule has 0 aromatic rings. The number of ether oxygens (including phenoxy) is 4. The molecule has 7 aliphatic rings. The van der Waals surface area contributed by atoms with E-state index in [1.807, 2.05) is 27.7 Å². The quantitative estimate of drug-likeness (QED) is 0.0558. The van der Waals surface area contributed by atoms with Gasteiger partial charge in [0, 0.05) is 28.6 Å². The van der Waals surface area contributed by atoms with Gasteiger partial charge in [-0.05, 0) is 162 Å². The van der Waals surface area contributed by atoms with Crippen LogP contribution in [0, 0.1) is 78.4 Å². The predicted octanol–water partition coefficient (Wildman–Crippen LogP) is 2.09. The summed E-state index contributed by atoms with van der Waals surface area (Å²) in [6, 6.07) is 0. The zero-order valence-corrected chi connectivity index (χ0v) is 43.2. The van der Waals surface area contributed by atoms with Gasteiger partial charge in [-0.15, -0.1) is 0 Å². The zero-order chi connectivity index (χ0) is 47.4. The standard InChI is InChI=1S/C17H28O4.C13H24O3.C10H12O4.C8H10O3.CH3.ClH.Mg/c1-9(2)15(18)21-12-8-10-7-11(12)14(17(5,6)20)13(10)16(3,4)19;1-12(2,15)10-7-5-8(9(14)6-7)11(10)13(3,4)16;1-13-9(11)7-4-2-5-6(3-4)14-10(12)8(5)7;1-5(2)7(9)11-8(10)6(3)4;;;/h10-14,19-20H,1,7-8H2,2-6H3;7-11,14-16H,5-6H2,1-4H3;4-8H,2-3H2,1H3;1,3H2,2,4H3;1H3;1H;/q;;;;-1;;+2/p-1/t10-,11+,12-,13?,14-;7-,8+,9-,10?,11-;4-,5+,6-,7+,8-;;;;/m111..../s1.